The molecule has 0 radical (unpaired) electrons. The van der Waals surface area contributed by atoms with Crippen LogP contribution in [0.2, 0.25) is 0 Å². The van der Waals surface area contributed by atoms with Crippen LogP contribution in [-0.2, 0) is 17.7 Å². The Bertz CT molecular complexity index is 305. The molecule has 1 saturated heterocycles. The number of aryl methyl sites for hydroxylation is 1. The molecule has 1 aromatic rings. The molecule has 1 aromatic heterocycles. The molecule has 0 aromatic carbocycles. The summed E-state index contributed by atoms with van der Waals surface area (Å²) in [5.74, 6) is 1.89. The van der Waals surface area contributed by atoms with Crippen molar-refractivity contribution in [3.63, 3.8) is 0 Å². The van der Waals surface area contributed by atoms with Gasteiger partial charge in [0.2, 0.25) is 0 Å². The normalized spacial score (nSPS) is 20.4. The van der Waals surface area contributed by atoms with Crippen molar-refractivity contribution in [2.45, 2.75) is 26.3 Å². The number of hydrogen-bond donors (Lipinski definition) is 1. The Kier molecular flexibility index (Phi) is 4.36. The molecular weight excluding hydrogens is 202 g/mol. The molecule has 1 atom stereocenters. The average Bonchev–Trinajstić information content (AvgIpc) is 2.95. The lowest BCUT2D eigenvalue weighted by Gasteiger charge is -2.10. The molecule has 16 heavy (non-hydrogen) atoms. The van der Waals surface area contributed by atoms with Gasteiger partial charge in [0.25, 0.3) is 0 Å². The first kappa shape index (κ1) is 11.6. The van der Waals surface area contributed by atoms with E-state index in [1.54, 1.807) is 0 Å². The highest BCUT2D eigenvalue weighted by Gasteiger charge is 2.14. The minimum absolute atomic E-state index is 0.716. The second-order valence-corrected chi connectivity index (χ2v) is 4.32. The van der Waals surface area contributed by atoms with Gasteiger partial charge in [-0.15, -0.1) is 0 Å². The molecule has 2 heterocycles. The van der Waals surface area contributed by atoms with Crippen LogP contribution in [0.5, 0.6) is 0 Å². The molecule has 4 nitrogen and oxygen atoms in total. The van der Waals surface area contributed by atoms with E-state index in [0.29, 0.717) is 5.92 Å². The van der Waals surface area contributed by atoms with Crippen molar-refractivity contribution in [2.75, 3.05) is 26.3 Å². The molecule has 0 aliphatic carbocycles. The second-order valence-electron chi connectivity index (χ2n) is 4.32. The molecule has 1 aliphatic rings. The van der Waals surface area contributed by atoms with Crippen LogP contribution >= 0.6 is 0 Å². The fourth-order valence-corrected chi connectivity index (χ4v) is 2.11. The highest BCUT2D eigenvalue weighted by Crippen LogP contribution is 2.10. The minimum Gasteiger partial charge on any atom is -0.381 e. The summed E-state index contributed by atoms with van der Waals surface area (Å²) in [4.78, 5) is 4.31. The second kappa shape index (κ2) is 6.01. The van der Waals surface area contributed by atoms with E-state index in [1.807, 2.05) is 6.20 Å². The van der Waals surface area contributed by atoms with Crippen LogP contribution in [-0.4, -0.2) is 35.9 Å². The zero-order valence-electron chi connectivity index (χ0n) is 9.98. The Morgan fingerprint density at radius 3 is 3.31 bits per heavy atom. The van der Waals surface area contributed by atoms with Gasteiger partial charge in [0.05, 0.1) is 6.61 Å². The van der Waals surface area contributed by atoms with Crippen molar-refractivity contribution < 1.29 is 4.74 Å². The Morgan fingerprint density at radius 1 is 1.62 bits per heavy atom. The van der Waals surface area contributed by atoms with Crippen LogP contribution in [0.15, 0.2) is 12.4 Å². The Hall–Kier alpha value is -0.870. The van der Waals surface area contributed by atoms with Crippen LogP contribution in [0.1, 0.15) is 19.2 Å². The summed E-state index contributed by atoms with van der Waals surface area (Å²) in [6.45, 7) is 7.11. The third kappa shape index (κ3) is 3.06. The van der Waals surface area contributed by atoms with Crippen molar-refractivity contribution in [3.05, 3.63) is 18.2 Å². The molecule has 4 heteroatoms. The number of ether oxygens (including phenoxy) is 1. The zero-order chi connectivity index (χ0) is 11.2. The third-order valence-corrected chi connectivity index (χ3v) is 3.10. The summed E-state index contributed by atoms with van der Waals surface area (Å²) in [7, 11) is 0. The van der Waals surface area contributed by atoms with Crippen molar-refractivity contribution in [1.82, 2.24) is 14.9 Å². The van der Waals surface area contributed by atoms with Gasteiger partial charge >= 0.3 is 0 Å². The molecule has 2 rings (SSSR count). The van der Waals surface area contributed by atoms with Crippen LogP contribution in [0.3, 0.4) is 0 Å². The van der Waals surface area contributed by atoms with Gasteiger partial charge in [-0.1, -0.05) is 6.92 Å². The molecule has 1 aliphatic heterocycles. The maximum atomic E-state index is 5.34. The Labute approximate surface area is 97.0 Å². The van der Waals surface area contributed by atoms with E-state index in [1.165, 1.54) is 12.2 Å². The molecule has 1 N–H and O–H groups in total. The monoisotopic (exact) mass is 223 g/mol. The fraction of sp³-hybridized carbons (Fsp3) is 0.750. The molecule has 0 spiro atoms. The van der Waals surface area contributed by atoms with E-state index >= 15 is 0 Å². The Morgan fingerprint density at radius 2 is 2.56 bits per heavy atom. The summed E-state index contributed by atoms with van der Waals surface area (Å²) < 4.78 is 7.56. The number of hydrogen-bond acceptors (Lipinski definition) is 3. The predicted octanol–water partition coefficient (Wildman–Crippen LogP) is 1.07. The number of aromatic nitrogens is 2. The van der Waals surface area contributed by atoms with E-state index in [0.717, 1.165) is 39.3 Å². The molecular formula is C12H21N3O. The van der Waals surface area contributed by atoms with Crippen molar-refractivity contribution in [1.29, 1.82) is 0 Å². The zero-order valence-corrected chi connectivity index (χ0v) is 9.98. The van der Waals surface area contributed by atoms with E-state index < -0.39 is 0 Å². The predicted molar refractivity (Wildman–Crippen MR) is 63.4 cm³/mol. The first-order chi connectivity index (χ1) is 7.90. The van der Waals surface area contributed by atoms with Crippen LogP contribution in [0.25, 0.3) is 0 Å². The first-order valence-corrected chi connectivity index (χ1v) is 6.18. The lowest BCUT2D eigenvalue weighted by atomic mass is 10.1. The fourth-order valence-electron chi connectivity index (χ4n) is 2.11. The molecule has 1 unspecified atom stereocenters. The van der Waals surface area contributed by atoms with Gasteiger partial charge in [0.1, 0.15) is 5.82 Å². The van der Waals surface area contributed by atoms with Crippen LogP contribution < -0.4 is 5.32 Å². The van der Waals surface area contributed by atoms with Gasteiger partial charge in [0.15, 0.2) is 0 Å². The summed E-state index contributed by atoms with van der Waals surface area (Å²) in [5.41, 5.74) is 0. The highest BCUT2D eigenvalue weighted by molar-refractivity contribution is 4.91. The van der Waals surface area contributed by atoms with Gasteiger partial charge in [-0.3, -0.25) is 0 Å². The molecule has 90 valence electrons. The maximum Gasteiger partial charge on any atom is 0.108 e. The quantitative estimate of drug-likeness (QED) is 0.733. The van der Waals surface area contributed by atoms with E-state index in [2.05, 4.69) is 28.0 Å². The summed E-state index contributed by atoms with van der Waals surface area (Å²) in [5, 5.41) is 3.49. The Balaban J connectivity index is 1.64. The molecule has 0 bridgehead atoms. The molecule has 0 amide bonds. The maximum absolute atomic E-state index is 5.34. The summed E-state index contributed by atoms with van der Waals surface area (Å²) in [6, 6.07) is 0. The van der Waals surface area contributed by atoms with Crippen molar-refractivity contribution in [3.8, 4) is 0 Å². The number of nitrogens with zero attached hydrogens (tertiary/aromatic N) is 2. The average molecular weight is 223 g/mol. The first-order valence-electron chi connectivity index (χ1n) is 6.18. The van der Waals surface area contributed by atoms with Gasteiger partial charge in [-0.2, -0.15) is 0 Å². The number of nitrogens with one attached hydrogen (secondary N) is 1. The lowest BCUT2D eigenvalue weighted by molar-refractivity contribution is 0.185. The van der Waals surface area contributed by atoms with Gasteiger partial charge in [-0.25, -0.2) is 4.98 Å². The van der Waals surface area contributed by atoms with Crippen molar-refractivity contribution >= 4 is 0 Å². The van der Waals surface area contributed by atoms with E-state index in [9.17, 15) is 0 Å². The van der Waals surface area contributed by atoms with E-state index in [4.69, 9.17) is 4.74 Å². The largest absolute Gasteiger partial charge is 0.381 e. The lowest BCUT2D eigenvalue weighted by Crippen LogP contribution is -2.26. The standard InChI is InChI=1S/C12H21N3O/c1-2-12-14-5-7-15(12)6-4-13-9-11-3-8-16-10-11/h5,7,11,13H,2-4,6,8-10H2,1H3. The summed E-state index contributed by atoms with van der Waals surface area (Å²) in [6.07, 6.45) is 6.14. The number of imidazole rings is 1. The van der Waals surface area contributed by atoms with Gasteiger partial charge in [0, 0.05) is 45.1 Å². The van der Waals surface area contributed by atoms with Crippen LogP contribution in [0.4, 0.5) is 0 Å². The number of rotatable bonds is 6. The molecule has 1 fully saturated rings. The topological polar surface area (TPSA) is 39.1 Å². The van der Waals surface area contributed by atoms with Crippen LogP contribution in [0, 0.1) is 5.92 Å². The highest BCUT2D eigenvalue weighted by atomic mass is 16.5. The summed E-state index contributed by atoms with van der Waals surface area (Å²) >= 11 is 0. The van der Waals surface area contributed by atoms with Gasteiger partial charge in [-0.05, 0) is 12.3 Å². The van der Waals surface area contributed by atoms with Crippen molar-refractivity contribution in [2.24, 2.45) is 5.92 Å². The SMILES string of the molecule is CCc1nccn1CCNCC1CCOC1. The van der Waals surface area contributed by atoms with E-state index in [-0.39, 0.29) is 0 Å². The molecule has 0 saturated carbocycles. The van der Waals surface area contributed by atoms with Gasteiger partial charge < -0.3 is 14.6 Å². The minimum atomic E-state index is 0.716. The third-order valence-electron chi connectivity index (χ3n) is 3.10. The smallest absolute Gasteiger partial charge is 0.108 e.